The van der Waals surface area contributed by atoms with Gasteiger partial charge in [-0.2, -0.15) is 26.3 Å². The van der Waals surface area contributed by atoms with Crippen molar-refractivity contribution in [3.63, 3.8) is 0 Å². The number of piperazine rings is 1. The summed E-state index contributed by atoms with van der Waals surface area (Å²) >= 11 is 1.49. The van der Waals surface area contributed by atoms with Crippen molar-refractivity contribution >= 4 is 43.8 Å². The predicted octanol–water partition coefficient (Wildman–Crippen LogP) is 4.30. The SMILES string of the molecule is Cc1c(CC(F)(F)F)sc2ncnc(N3CCN(c4nnc(C(F)(F)F)s4)CC3)c12. The van der Waals surface area contributed by atoms with Crippen LogP contribution in [-0.4, -0.2) is 52.5 Å². The van der Waals surface area contributed by atoms with Crippen LogP contribution in [0.1, 0.15) is 15.4 Å². The number of aryl methyl sites for hydroxylation is 1. The van der Waals surface area contributed by atoms with Crippen molar-refractivity contribution in [2.75, 3.05) is 36.0 Å². The Kier molecular flexibility index (Phi) is 5.24. The minimum atomic E-state index is -4.53. The largest absolute Gasteiger partial charge is 0.445 e. The summed E-state index contributed by atoms with van der Waals surface area (Å²) in [6.45, 7) is 3.25. The van der Waals surface area contributed by atoms with Gasteiger partial charge in [0.25, 0.3) is 0 Å². The lowest BCUT2D eigenvalue weighted by molar-refractivity contribution is -0.138. The maximum absolute atomic E-state index is 12.9. The first kappa shape index (κ1) is 21.0. The van der Waals surface area contributed by atoms with Crippen molar-refractivity contribution in [1.29, 1.82) is 0 Å². The fourth-order valence-corrected chi connectivity index (χ4v) is 5.19. The molecule has 4 heterocycles. The molecule has 0 aromatic carbocycles. The minimum Gasteiger partial charge on any atom is -0.352 e. The van der Waals surface area contributed by atoms with E-state index in [4.69, 9.17) is 0 Å². The van der Waals surface area contributed by atoms with Crippen LogP contribution >= 0.6 is 22.7 Å². The second kappa shape index (κ2) is 7.48. The second-order valence-corrected chi connectivity index (χ2v) is 8.72. The Morgan fingerprint density at radius 3 is 2.20 bits per heavy atom. The van der Waals surface area contributed by atoms with Crippen molar-refractivity contribution in [2.24, 2.45) is 0 Å². The van der Waals surface area contributed by atoms with Gasteiger partial charge in [0, 0.05) is 31.1 Å². The third-order valence-corrected chi connectivity index (χ3v) is 6.90. The van der Waals surface area contributed by atoms with E-state index in [1.54, 1.807) is 11.8 Å². The van der Waals surface area contributed by atoms with Crippen LogP contribution in [0, 0.1) is 6.92 Å². The van der Waals surface area contributed by atoms with Gasteiger partial charge in [-0.25, -0.2) is 9.97 Å². The first-order valence-electron chi connectivity index (χ1n) is 8.73. The number of rotatable bonds is 3. The highest BCUT2D eigenvalue weighted by Crippen LogP contribution is 2.38. The Bertz CT molecular complexity index is 1050. The topological polar surface area (TPSA) is 58.0 Å². The van der Waals surface area contributed by atoms with Gasteiger partial charge in [0.05, 0.1) is 11.8 Å². The summed E-state index contributed by atoms with van der Waals surface area (Å²) in [6.07, 6.45) is -8.56. The van der Waals surface area contributed by atoms with Crippen molar-refractivity contribution in [2.45, 2.75) is 25.7 Å². The monoisotopic (exact) mass is 468 g/mol. The standard InChI is InChI=1S/C16H14F6N6S2/c1-8-9(6-15(17,18)19)29-12-10(8)11(23-7-24-12)27-2-4-28(5-3-27)14-26-25-13(30-14)16(20,21)22/h7H,2-6H2,1H3. The first-order chi connectivity index (χ1) is 14.0. The molecule has 0 amide bonds. The van der Waals surface area contributed by atoms with E-state index in [0.717, 1.165) is 11.3 Å². The zero-order valence-corrected chi connectivity index (χ0v) is 17.0. The number of thiophene rings is 1. The van der Waals surface area contributed by atoms with Gasteiger partial charge in [0.2, 0.25) is 10.1 Å². The third kappa shape index (κ3) is 4.15. The normalized spacial score (nSPS) is 16.0. The first-order valence-corrected chi connectivity index (χ1v) is 10.4. The molecular formula is C16H14F6N6S2. The van der Waals surface area contributed by atoms with E-state index in [1.165, 1.54) is 6.33 Å². The lowest BCUT2D eigenvalue weighted by Gasteiger charge is -2.35. The molecule has 0 saturated carbocycles. The highest BCUT2D eigenvalue weighted by Gasteiger charge is 2.37. The highest BCUT2D eigenvalue weighted by molar-refractivity contribution is 7.19. The Hall–Kier alpha value is -2.22. The Morgan fingerprint density at radius 1 is 0.933 bits per heavy atom. The van der Waals surface area contributed by atoms with Gasteiger partial charge < -0.3 is 9.80 Å². The molecule has 162 valence electrons. The number of hydrogen-bond donors (Lipinski definition) is 0. The fourth-order valence-electron chi connectivity index (χ4n) is 3.26. The van der Waals surface area contributed by atoms with Crippen molar-refractivity contribution in [3.8, 4) is 0 Å². The molecule has 0 unspecified atom stereocenters. The van der Waals surface area contributed by atoms with Crippen LogP contribution in [0.25, 0.3) is 10.2 Å². The van der Waals surface area contributed by atoms with E-state index >= 15 is 0 Å². The molecular weight excluding hydrogens is 454 g/mol. The van der Waals surface area contributed by atoms with Crippen LogP contribution in [0.5, 0.6) is 0 Å². The molecule has 4 rings (SSSR count). The van der Waals surface area contributed by atoms with Crippen LogP contribution in [0.3, 0.4) is 0 Å². The second-order valence-electron chi connectivity index (χ2n) is 6.68. The van der Waals surface area contributed by atoms with E-state index in [2.05, 4.69) is 20.2 Å². The van der Waals surface area contributed by atoms with Crippen LogP contribution in [0.2, 0.25) is 0 Å². The molecule has 6 nitrogen and oxygen atoms in total. The molecule has 0 aliphatic carbocycles. The molecule has 0 spiro atoms. The summed E-state index contributed by atoms with van der Waals surface area (Å²) in [5.74, 6) is 0.537. The number of aromatic nitrogens is 4. The predicted molar refractivity (Wildman–Crippen MR) is 101 cm³/mol. The molecule has 1 aliphatic rings. The summed E-state index contributed by atoms with van der Waals surface area (Å²) in [4.78, 5) is 12.7. The van der Waals surface area contributed by atoms with Crippen LogP contribution in [-0.2, 0) is 12.6 Å². The molecule has 0 bridgehead atoms. The molecule has 3 aromatic rings. The molecule has 30 heavy (non-hydrogen) atoms. The minimum absolute atomic E-state index is 0.189. The smallest absolute Gasteiger partial charge is 0.352 e. The number of alkyl halides is 6. The molecule has 0 radical (unpaired) electrons. The zero-order valence-electron chi connectivity index (χ0n) is 15.4. The van der Waals surface area contributed by atoms with Crippen LogP contribution in [0.15, 0.2) is 6.33 Å². The quantitative estimate of drug-likeness (QED) is 0.535. The molecule has 0 atom stereocenters. The van der Waals surface area contributed by atoms with Gasteiger partial charge in [0.1, 0.15) is 17.0 Å². The van der Waals surface area contributed by atoms with Crippen molar-refractivity contribution in [1.82, 2.24) is 20.2 Å². The molecule has 14 heteroatoms. The van der Waals surface area contributed by atoms with Gasteiger partial charge in [-0.05, 0) is 12.5 Å². The molecule has 1 saturated heterocycles. The van der Waals surface area contributed by atoms with Crippen LogP contribution in [0.4, 0.5) is 37.3 Å². The Labute approximate surface area is 174 Å². The average molecular weight is 468 g/mol. The molecule has 0 N–H and O–H groups in total. The number of halogens is 6. The van der Waals surface area contributed by atoms with E-state index in [-0.39, 0.29) is 10.0 Å². The number of fused-ring (bicyclic) bond motifs is 1. The van der Waals surface area contributed by atoms with E-state index in [9.17, 15) is 26.3 Å². The highest BCUT2D eigenvalue weighted by atomic mass is 32.1. The van der Waals surface area contributed by atoms with E-state index in [0.29, 0.717) is 59.1 Å². The van der Waals surface area contributed by atoms with E-state index in [1.807, 2.05) is 4.90 Å². The third-order valence-electron chi connectivity index (χ3n) is 4.67. The zero-order chi connectivity index (χ0) is 21.7. The lowest BCUT2D eigenvalue weighted by Crippen LogP contribution is -2.47. The van der Waals surface area contributed by atoms with Gasteiger partial charge in [-0.1, -0.05) is 11.3 Å². The van der Waals surface area contributed by atoms with Gasteiger partial charge >= 0.3 is 12.4 Å². The number of anilines is 2. The molecule has 3 aromatic heterocycles. The Morgan fingerprint density at radius 2 is 1.60 bits per heavy atom. The van der Waals surface area contributed by atoms with Gasteiger partial charge in [-0.15, -0.1) is 21.5 Å². The lowest BCUT2D eigenvalue weighted by atomic mass is 10.1. The number of nitrogens with zero attached hydrogens (tertiary/aromatic N) is 6. The summed E-state index contributed by atoms with van der Waals surface area (Å²) in [6, 6.07) is 0. The average Bonchev–Trinajstić information content (AvgIpc) is 3.27. The maximum Gasteiger partial charge on any atom is 0.445 e. The van der Waals surface area contributed by atoms with Gasteiger partial charge in [0.15, 0.2) is 0 Å². The summed E-state index contributed by atoms with van der Waals surface area (Å²) in [5, 5.41) is 6.61. The summed E-state index contributed by atoms with van der Waals surface area (Å²) in [7, 11) is 0. The van der Waals surface area contributed by atoms with Crippen molar-refractivity contribution in [3.05, 3.63) is 21.8 Å². The summed E-state index contributed by atoms with van der Waals surface area (Å²) in [5.41, 5.74) is 0.504. The molecule has 1 aliphatic heterocycles. The van der Waals surface area contributed by atoms with E-state index < -0.39 is 23.8 Å². The molecule has 1 fully saturated rings. The Balaban J connectivity index is 1.54. The maximum atomic E-state index is 12.9. The van der Waals surface area contributed by atoms with Crippen molar-refractivity contribution < 1.29 is 26.3 Å². The number of hydrogen-bond acceptors (Lipinski definition) is 8. The van der Waals surface area contributed by atoms with Crippen LogP contribution < -0.4 is 9.80 Å². The summed E-state index contributed by atoms with van der Waals surface area (Å²) < 4.78 is 76.8. The fraction of sp³-hybridized carbons (Fsp3) is 0.500. The van der Waals surface area contributed by atoms with Gasteiger partial charge in [-0.3, -0.25) is 0 Å².